The summed E-state index contributed by atoms with van der Waals surface area (Å²) >= 11 is 0. The second-order valence-corrected chi connectivity index (χ2v) is 7.80. The zero-order chi connectivity index (χ0) is 19.5. The third kappa shape index (κ3) is 2.95. The van der Waals surface area contributed by atoms with E-state index >= 15 is 0 Å². The number of halogens is 3. The Morgan fingerprint density at radius 3 is 2.48 bits per heavy atom. The van der Waals surface area contributed by atoms with E-state index in [0.717, 1.165) is 24.6 Å². The average molecular weight is 375 g/mol. The van der Waals surface area contributed by atoms with Gasteiger partial charge >= 0.3 is 6.18 Å². The monoisotopic (exact) mass is 375 g/mol. The quantitative estimate of drug-likeness (QED) is 0.863. The fourth-order valence-electron chi connectivity index (χ4n) is 4.44. The molecule has 27 heavy (non-hydrogen) atoms. The van der Waals surface area contributed by atoms with Crippen LogP contribution in [-0.2, 0) is 6.18 Å². The molecule has 2 aliphatic carbocycles. The van der Waals surface area contributed by atoms with Gasteiger partial charge in [-0.2, -0.15) is 23.5 Å². The van der Waals surface area contributed by atoms with Crippen molar-refractivity contribution in [1.29, 1.82) is 5.26 Å². The Balaban J connectivity index is 1.70. The van der Waals surface area contributed by atoms with Crippen LogP contribution in [0.15, 0.2) is 18.3 Å². The molecule has 2 aromatic rings. The number of pyridine rings is 1. The molecule has 4 atom stereocenters. The first-order valence-electron chi connectivity index (χ1n) is 9.02. The molecule has 5 nitrogen and oxygen atoms in total. The van der Waals surface area contributed by atoms with E-state index in [0.29, 0.717) is 29.0 Å². The van der Waals surface area contributed by atoms with Gasteiger partial charge in [0.25, 0.3) is 0 Å². The molecule has 2 N–H and O–H groups in total. The van der Waals surface area contributed by atoms with Gasteiger partial charge in [0.2, 0.25) is 0 Å². The number of nitrogens with two attached hydrogens (primary N) is 1. The molecule has 0 aliphatic heterocycles. The molecular formula is C19H20F3N5. The van der Waals surface area contributed by atoms with Crippen molar-refractivity contribution < 1.29 is 13.2 Å². The number of hydrogen-bond donors (Lipinski definition) is 1. The topological polar surface area (TPSA) is 80.5 Å². The lowest BCUT2D eigenvalue weighted by molar-refractivity contribution is -0.137. The third-order valence-corrected chi connectivity index (χ3v) is 5.74. The molecule has 0 amide bonds. The molecule has 4 rings (SSSR count). The van der Waals surface area contributed by atoms with Crippen LogP contribution in [0.3, 0.4) is 0 Å². The minimum atomic E-state index is -4.56. The first kappa shape index (κ1) is 17.8. The summed E-state index contributed by atoms with van der Waals surface area (Å²) in [6.45, 7) is 4.00. The van der Waals surface area contributed by atoms with E-state index in [1.807, 2.05) is 24.6 Å². The normalized spacial score (nSPS) is 26.9. The number of hydrogen-bond acceptors (Lipinski definition) is 4. The molecule has 0 bridgehead atoms. The second kappa shape index (κ2) is 5.98. The maximum Gasteiger partial charge on any atom is 0.419 e. The SMILES string of the molecule is CC(C)n1nc(-c2cnc(N)c(C(F)(F)F)c2)cc1[C@H]1[C@@H]2CC(C#N)C[C@@H]21. The summed E-state index contributed by atoms with van der Waals surface area (Å²) < 4.78 is 41.3. The van der Waals surface area contributed by atoms with Gasteiger partial charge in [-0.05, 0) is 50.7 Å². The molecule has 142 valence electrons. The van der Waals surface area contributed by atoms with Gasteiger partial charge in [-0.3, -0.25) is 4.68 Å². The first-order chi connectivity index (χ1) is 12.7. The van der Waals surface area contributed by atoms with Crippen LogP contribution in [-0.4, -0.2) is 14.8 Å². The fraction of sp³-hybridized carbons (Fsp3) is 0.526. The van der Waals surface area contributed by atoms with E-state index < -0.39 is 17.6 Å². The van der Waals surface area contributed by atoms with Crippen LogP contribution in [0, 0.1) is 29.1 Å². The summed E-state index contributed by atoms with van der Waals surface area (Å²) in [5, 5.41) is 13.7. The second-order valence-electron chi connectivity index (χ2n) is 7.80. The largest absolute Gasteiger partial charge is 0.419 e. The molecule has 2 heterocycles. The van der Waals surface area contributed by atoms with Crippen LogP contribution >= 0.6 is 0 Å². The van der Waals surface area contributed by atoms with Crippen LogP contribution in [0.4, 0.5) is 19.0 Å². The van der Waals surface area contributed by atoms with Crippen LogP contribution < -0.4 is 5.73 Å². The predicted molar refractivity (Wildman–Crippen MR) is 93.3 cm³/mol. The highest BCUT2D eigenvalue weighted by atomic mass is 19.4. The highest BCUT2D eigenvalue weighted by Gasteiger charge is 2.58. The Hall–Kier alpha value is -2.56. The number of alkyl halides is 3. The van der Waals surface area contributed by atoms with Crippen molar-refractivity contribution in [2.75, 3.05) is 5.73 Å². The van der Waals surface area contributed by atoms with E-state index in [2.05, 4.69) is 16.2 Å². The minimum Gasteiger partial charge on any atom is -0.383 e. The van der Waals surface area contributed by atoms with Crippen molar-refractivity contribution >= 4 is 5.82 Å². The number of rotatable bonds is 3. The zero-order valence-electron chi connectivity index (χ0n) is 15.0. The van der Waals surface area contributed by atoms with E-state index in [1.165, 1.54) is 6.20 Å². The Labute approximate surface area is 155 Å². The smallest absolute Gasteiger partial charge is 0.383 e. The number of nitrogen functional groups attached to an aromatic ring is 1. The van der Waals surface area contributed by atoms with Crippen molar-refractivity contribution in [1.82, 2.24) is 14.8 Å². The highest BCUT2D eigenvalue weighted by Crippen LogP contribution is 2.65. The zero-order valence-corrected chi connectivity index (χ0v) is 15.0. The van der Waals surface area contributed by atoms with Crippen LogP contribution in [0.2, 0.25) is 0 Å². The summed E-state index contributed by atoms with van der Waals surface area (Å²) in [5.41, 5.74) is 6.27. The number of nitriles is 1. The molecule has 8 heteroatoms. The van der Waals surface area contributed by atoms with Crippen molar-refractivity contribution in [3.63, 3.8) is 0 Å². The molecule has 0 saturated heterocycles. The lowest BCUT2D eigenvalue weighted by atomic mass is 9.99. The van der Waals surface area contributed by atoms with Crippen LogP contribution in [0.5, 0.6) is 0 Å². The molecule has 0 spiro atoms. The van der Waals surface area contributed by atoms with Crippen molar-refractivity contribution in [2.45, 2.75) is 44.8 Å². The van der Waals surface area contributed by atoms with Gasteiger partial charge in [0, 0.05) is 35.3 Å². The van der Waals surface area contributed by atoms with Gasteiger partial charge in [0.15, 0.2) is 0 Å². The molecule has 2 saturated carbocycles. The number of anilines is 1. The Bertz CT molecular complexity index is 912. The summed E-state index contributed by atoms with van der Waals surface area (Å²) in [6.07, 6.45) is -1.44. The Morgan fingerprint density at radius 1 is 1.26 bits per heavy atom. The number of aromatic nitrogens is 3. The summed E-state index contributed by atoms with van der Waals surface area (Å²) in [4.78, 5) is 3.72. The van der Waals surface area contributed by atoms with Gasteiger partial charge in [-0.25, -0.2) is 4.98 Å². The molecular weight excluding hydrogens is 355 g/mol. The summed E-state index contributed by atoms with van der Waals surface area (Å²) in [7, 11) is 0. The summed E-state index contributed by atoms with van der Waals surface area (Å²) in [5.74, 6) is 0.886. The van der Waals surface area contributed by atoms with Gasteiger partial charge in [-0.1, -0.05) is 0 Å². The van der Waals surface area contributed by atoms with Crippen LogP contribution in [0.25, 0.3) is 11.3 Å². The maximum atomic E-state index is 13.1. The van der Waals surface area contributed by atoms with Crippen molar-refractivity contribution in [3.8, 4) is 17.3 Å². The molecule has 1 unspecified atom stereocenters. The Morgan fingerprint density at radius 2 is 1.93 bits per heavy atom. The van der Waals surface area contributed by atoms with Crippen molar-refractivity contribution in [2.24, 2.45) is 17.8 Å². The van der Waals surface area contributed by atoms with E-state index in [1.54, 1.807) is 0 Å². The van der Waals surface area contributed by atoms with Crippen LogP contribution in [0.1, 0.15) is 49.9 Å². The lowest BCUT2D eigenvalue weighted by Crippen LogP contribution is -2.10. The minimum absolute atomic E-state index is 0.0886. The first-order valence-corrected chi connectivity index (χ1v) is 9.02. The predicted octanol–water partition coefficient (Wildman–Crippen LogP) is 4.39. The van der Waals surface area contributed by atoms with Gasteiger partial charge < -0.3 is 5.73 Å². The van der Waals surface area contributed by atoms with Gasteiger partial charge in [-0.15, -0.1) is 0 Å². The van der Waals surface area contributed by atoms with E-state index in [-0.39, 0.29) is 12.0 Å². The lowest BCUT2D eigenvalue weighted by Gasteiger charge is -2.13. The maximum absolute atomic E-state index is 13.1. The molecule has 2 aromatic heterocycles. The molecule has 2 aliphatic rings. The highest BCUT2D eigenvalue weighted by molar-refractivity contribution is 5.63. The fourth-order valence-corrected chi connectivity index (χ4v) is 4.44. The summed E-state index contributed by atoms with van der Waals surface area (Å²) in [6, 6.07) is 5.32. The van der Waals surface area contributed by atoms with Crippen molar-refractivity contribution in [3.05, 3.63) is 29.6 Å². The average Bonchev–Trinajstić information content (AvgIpc) is 2.99. The third-order valence-electron chi connectivity index (χ3n) is 5.74. The standard InChI is InChI=1S/C19H20F3N5/c1-9(2)27-16(17-12-3-10(7-23)4-13(12)17)6-15(26-27)11-5-14(19(20,21)22)18(24)25-8-11/h5-6,8-10,12-13,17H,3-4H2,1-2H3,(H2,24,25)/t10?,12-,13+,17+. The van der Waals surface area contributed by atoms with E-state index in [4.69, 9.17) is 11.0 Å². The van der Waals surface area contributed by atoms with Gasteiger partial charge in [0.05, 0.1) is 17.3 Å². The molecule has 0 aromatic carbocycles. The number of fused-ring (bicyclic) bond motifs is 1. The Kier molecular flexibility index (Phi) is 3.95. The number of nitrogens with zero attached hydrogens (tertiary/aromatic N) is 4. The van der Waals surface area contributed by atoms with Gasteiger partial charge in [0.1, 0.15) is 5.82 Å². The molecule has 2 fully saturated rings. The van der Waals surface area contributed by atoms with E-state index in [9.17, 15) is 13.2 Å². The molecule has 0 radical (unpaired) electrons.